The third-order valence-electron chi connectivity index (χ3n) is 5.22. The maximum absolute atomic E-state index is 13.0. The van der Waals surface area contributed by atoms with Gasteiger partial charge in [0.05, 0.1) is 23.7 Å². The van der Waals surface area contributed by atoms with E-state index in [9.17, 15) is 9.90 Å². The number of aromatic amines is 2. The van der Waals surface area contributed by atoms with Gasteiger partial charge in [-0.1, -0.05) is 30.3 Å². The van der Waals surface area contributed by atoms with E-state index in [0.717, 1.165) is 38.6 Å². The summed E-state index contributed by atoms with van der Waals surface area (Å²) in [6, 6.07) is 19.0. The van der Waals surface area contributed by atoms with Crippen LogP contribution >= 0.6 is 0 Å². The van der Waals surface area contributed by atoms with Crippen LogP contribution in [0.5, 0.6) is 0 Å². The summed E-state index contributed by atoms with van der Waals surface area (Å²) >= 11 is 0. The molecule has 29 heavy (non-hydrogen) atoms. The number of fused-ring (bicyclic) bond motifs is 2. The second kappa shape index (κ2) is 7.00. The molecule has 6 heteroatoms. The van der Waals surface area contributed by atoms with Gasteiger partial charge in [0.2, 0.25) is 0 Å². The molecular formula is C23H18N4O2. The molecular weight excluding hydrogens is 364 g/mol. The standard InChI is InChI=1S/C23H18N4O2/c28-13-18(14-4-2-1-3-5-14)23(29)21-11-16-10-17-20(12-19(16)25-21)26-27-22(17)15-6-8-24-9-7-15/h1-12,18,25,28H,13H2,(H,26,27)/t18-/m1/s1. The predicted molar refractivity (Wildman–Crippen MR) is 112 cm³/mol. The van der Waals surface area contributed by atoms with Crippen molar-refractivity contribution in [1.29, 1.82) is 0 Å². The molecule has 5 rings (SSSR count). The molecule has 0 saturated heterocycles. The molecule has 0 aliphatic carbocycles. The summed E-state index contributed by atoms with van der Waals surface area (Å²) in [5.41, 5.74) is 4.82. The van der Waals surface area contributed by atoms with Crippen LogP contribution in [0.15, 0.2) is 73.1 Å². The smallest absolute Gasteiger partial charge is 0.188 e. The van der Waals surface area contributed by atoms with E-state index in [-0.39, 0.29) is 12.4 Å². The van der Waals surface area contributed by atoms with Crippen molar-refractivity contribution in [3.05, 3.63) is 84.3 Å². The summed E-state index contributed by atoms with van der Waals surface area (Å²) in [5, 5.41) is 19.2. The van der Waals surface area contributed by atoms with Crippen LogP contribution < -0.4 is 0 Å². The number of H-pyrrole nitrogens is 2. The van der Waals surface area contributed by atoms with E-state index in [4.69, 9.17) is 0 Å². The van der Waals surface area contributed by atoms with Gasteiger partial charge in [-0.05, 0) is 35.9 Å². The first-order valence-electron chi connectivity index (χ1n) is 9.36. The first-order valence-corrected chi connectivity index (χ1v) is 9.36. The SMILES string of the molecule is O=C(c1cc2cc3c(-c4ccncc4)n[nH]c3cc2[nH]1)[C@H](CO)c1ccccc1. The quantitative estimate of drug-likeness (QED) is 0.400. The van der Waals surface area contributed by atoms with Crippen LogP contribution in [-0.4, -0.2) is 37.7 Å². The van der Waals surface area contributed by atoms with Crippen molar-refractivity contribution in [3.8, 4) is 11.3 Å². The molecule has 3 N–H and O–H groups in total. The molecule has 0 fully saturated rings. The molecule has 0 unspecified atom stereocenters. The second-order valence-corrected chi connectivity index (χ2v) is 6.99. The molecule has 0 spiro atoms. The Labute approximate surface area is 166 Å². The van der Waals surface area contributed by atoms with Gasteiger partial charge in [-0.25, -0.2) is 0 Å². The summed E-state index contributed by atoms with van der Waals surface area (Å²) in [5.74, 6) is -0.728. The number of ketones is 1. The topological polar surface area (TPSA) is 94.7 Å². The molecule has 1 atom stereocenters. The minimum Gasteiger partial charge on any atom is -0.395 e. The van der Waals surface area contributed by atoms with E-state index in [1.165, 1.54) is 0 Å². The number of aromatic nitrogens is 4. The molecule has 0 radical (unpaired) electrons. The number of hydrogen-bond donors (Lipinski definition) is 3. The molecule has 0 saturated carbocycles. The number of rotatable bonds is 5. The molecule has 0 bridgehead atoms. The fourth-order valence-electron chi connectivity index (χ4n) is 3.72. The minimum absolute atomic E-state index is 0.133. The number of aliphatic hydroxyl groups excluding tert-OH is 1. The van der Waals surface area contributed by atoms with Crippen LogP contribution in [-0.2, 0) is 0 Å². The Morgan fingerprint density at radius 2 is 1.79 bits per heavy atom. The zero-order valence-corrected chi connectivity index (χ0v) is 15.5. The van der Waals surface area contributed by atoms with Crippen molar-refractivity contribution >= 4 is 27.6 Å². The highest BCUT2D eigenvalue weighted by molar-refractivity contribution is 6.07. The van der Waals surface area contributed by atoms with Gasteiger partial charge in [0.1, 0.15) is 5.69 Å². The lowest BCUT2D eigenvalue weighted by atomic mass is 9.94. The first-order chi connectivity index (χ1) is 14.2. The van der Waals surface area contributed by atoms with Crippen molar-refractivity contribution in [3.63, 3.8) is 0 Å². The number of carbonyl (C=O) groups is 1. The monoisotopic (exact) mass is 382 g/mol. The van der Waals surface area contributed by atoms with Crippen LogP contribution in [0.2, 0.25) is 0 Å². The van der Waals surface area contributed by atoms with Crippen molar-refractivity contribution in [1.82, 2.24) is 20.2 Å². The Hall–Kier alpha value is -3.77. The summed E-state index contributed by atoms with van der Waals surface area (Å²) in [6.45, 7) is -0.241. The zero-order valence-electron chi connectivity index (χ0n) is 15.5. The van der Waals surface area contributed by atoms with E-state index in [1.807, 2.05) is 60.7 Å². The van der Waals surface area contributed by atoms with Crippen LogP contribution in [0.25, 0.3) is 33.1 Å². The zero-order chi connectivity index (χ0) is 19.8. The summed E-state index contributed by atoms with van der Waals surface area (Å²) in [6.07, 6.45) is 3.47. The molecule has 3 aromatic heterocycles. The molecule has 0 amide bonds. The lowest BCUT2D eigenvalue weighted by Crippen LogP contribution is -2.17. The lowest BCUT2D eigenvalue weighted by molar-refractivity contribution is 0.0918. The predicted octanol–water partition coefficient (Wildman–Crippen LogP) is 4.07. The number of Topliss-reactive ketones (excluding diaryl/α,β-unsaturated/α-hetero) is 1. The molecule has 0 aliphatic heterocycles. The second-order valence-electron chi connectivity index (χ2n) is 6.99. The van der Waals surface area contributed by atoms with Gasteiger partial charge in [-0.2, -0.15) is 5.10 Å². The van der Waals surface area contributed by atoms with E-state index >= 15 is 0 Å². The van der Waals surface area contributed by atoms with Crippen LogP contribution in [0, 0.1) is 0 Å². The number of benzene rings is 2. The summed E-state index contributed by atoms with van der Waals surface area (Å²) in [4.78, 5) is 20.3. The van der Waals surface area contributed by atoms with E-state index in [1.54, 1.807) is 12.4 Å². The van der Waals surface area contributed by atoms with Crippen LogP contribution in [0.3, 0.4) is 0 Å². The number of hydrogen-bond acceptors (Lipinski definition) is 4. The normalized spacial score (nSPS) is 12.4. The fourth-order valence-corrected chi connectivity index (χ4v) is 3.72. The van der Waals surface area contributed by atoms with Gasteiger partial charge < -0.3 is 10.1 Å². The number of aliphatic hydroxyl groups is 1. The molecule has 2 aromatic carbocycles. The summed E-state index contributed by atoms with van der Waals surface area (Å²) < 4.78 is 0. The highest BCUT2D eigenvalue weighted by atomic mass is 16.3. The third kappa shape index (κ3) is 2.99. The van der Waals surface area contributed by atoms with Crippen molar-refractivity contribution in [2.45, 2.75) is 5.92 Å². The lowest BCUT2D eigenvalue weighted by Gasteiger charge is -2.12. The Morgan fingerprint density at radius 1 is 1.00 bits per heavy atom. The molecule has 5 aromatic rings. The average Bonchev–Trinajstić information content (AvgIpc) is 3.37. The maximum atomic E-state index is 13.0. The average molecular weight is 382 g/mol. The molecule has 0 aliphatic rings. The maximum Gasteiger partial charge on any atom is 0.188 e. The Morgan fingerprint density at radius 3 is 2.55 bits per heavy atom. The van der Waals surface area contributed by atoms with Gasteiger partial charge in [-0.15, -0.1) is 0 Å². The van der Waals surface area contributed by atoms with Gasteiger partial charge in [0.15, 0.2) is 5.78 Å². The van der Waals surface area contributed by atoms with Crippen LogP contribution in [0.4, 0.5) is 0 Å². The molecule has 6 nitrogen and oxygen atoms in total. The Bertz CT molecular complexity index is 1310. The number of carbonyl (C=O) groups excluding carboxylic acids is 1. The largest absolute Gasteiger partial charge is 0.395 e. The van der Waals surface area contributed by atoms with E-state index in [2.05, 4.69) is 20.2 Å². The van der Waals surface area contributed by atoms with Crippen molar-refractivity contribution in [2.24, 2.45) is 0 Å². The molecule has 142 valence electrons. The van der Waals surface area contributed by atoms with Crippen LogP contribution in [0.1, 0.15) is 22.0 Å². The van der Waals surface area contributed by atoms with Crippen molar-refractivity contribution < 1.29 is 9.90 Å². The minimum atomic E-state index is -0.594. The summed E-state index contributed by atoms with van der Waals surface area (Å²) in [7, 11) is 0. The number of nitrogens with zero attached hydrogens (tertiary/aromatic N) is 2. The number of pyridine rings is 1. The third-order valence-corrected chi connectivity index (χ3v) is 5.22. The Kier molecular flexibility index (Phi) is 4.18. The van der Waals surface area contributed by atoms with Gasteiger partial charge in [0, 0.05) is 34.2 Å². The highest BCUT2D eigenvalue weighted by Gasteiger charge is 2.23. The fraction of sp³-hybridized carbons (Fsp3) is 0.0870. The van der Waals surface area contributed by atoms with E-state index < -0.39 is 5.92 Å². The number of nitrogens with one attached hydrogen (secondary N) is 2. The molecule has 3 heterocycles. The first kappa shape index (κ1) is 17.3. The van der Waals surface area contributed by atoms with E-state index in [0.29, 0.717) is 5.69 Å². The van der Waals surface area contributed by atoms with Gasteiger partial charge in [-0.3, -0.25) is 14.9 Å². The van der Waals surface area contributed by atoms with Gasteiger partial charge >= 0.3 is 0 Å². The Balaban J connectivity index is 1.57. The van der Waals surface area contributed by atoms with Gasteiger partial charge in [0.25, 0.3) is 0 Å². The highest BCUT2D eigenvalue weighted by Crippen LogP contribution is 2.31. The van der Waals surface area contributed by atoms with Crippen molar-refractivity contribution in [2.75, 3.05) is 6.61 Å².